The van der Waals surface area contributed by atoms with Crippen LogP contribution >= 0.6 is 0 Å². The summed E-state index contributed by atoms with van der Waals surface area (Å²) in [5.74, 6) is 5.63. The number of likely N-dealkylation sites (tertiary alicyclic amines) is 2. The summed E-state index contributed by atoms with van der Waals surface area (Å²) in [6, 6.07) is 0.128. The van der Waals surface area contributed by atoms with Crippen LogP contribution in [-0.2, 0) is 9.63 Å². The van der Waals surface area contributed by atoms with E-state index < -0.39 is 6.09 Å². The van der Waals surface area contributed by atoms with Crippen LogP contribution < -0.4 is 5.90 Å². The van der Waals surface area contributed by atoms with Gasteiger partial charge in [-0.15, -0.1) is 0 Å². The van der Waals surface area contributed by atoms with Crippen molar-refractivity contribution in [1.82, 2.24) is 9.80 Å². The number of rotatable bonds is 3. The van der Waals surface area contributed by atoms with Crippen molar-refractivity contribution in [2.24, 2.45) is 17.7 Å². The fourth-order valence-electron chi connectivity index (χ4n) is 3.51. The molecule has 0 aromatic carbocycles. The van der Waals surface area contributed by atoms with Crippen LogP contribution in [0, 0.1) is 11.8 Å². The minimum Gasteiger partial charge on any atom is -0.357 e. The van der Waals surface area contributed by atoms with Crippen molar-refractivity contribution < 1.29 is 14.4 Å². The molecule has 2 fully saturated rings. The van der Waals surface area contributed by atoms with Crippen LogP contribution in [0.15, 0.2) is 0 Å². The SMILES string of the molecule is CC(C)CC1CCC(C(=O)N2CCCC2)CN1C(=O)ON. The third-order valence-electron chi connectivity index (χ3n) is 4.55. The molecule has 6 heteroatoms. The summed E-state index contributed by atoms with van der Waals surface area (Å²) < 4.78 is 0. The van der Waals surface area contributed by atoms with Gasteiger partial charge in [0.05, 0.1) is 5.92 Å². The molecule has 2 saturated heterocycles. The number of nitrogens with two attached hydrogens (primary N) is 1. The number of nitrogens with zero attached hydrogens (tertiary/aromatic N) is 2. The molecule has 0 aliphatic carbocycles. The molecule has 0 saturated carbocycles. The maximum Gasteiger partial charge on any atom is 0.428 e. The van der Waals surface area contributed by atoms with Gasteiger partial charge in [-0.1, -0.05) is 13.8 Å². The van der Waals surface area contributed by atoms with Crippen molar-refractivity contribution in [3.63, 3.8) is 0 Å². The largest absolute Gasteiger partial charge is 0.428 e. The molecule has 2 heterocycles. The summed E-state index contributed by atoms with van der Waals surface area (Å²) in [4.78, 5) is 32.4. The average molecular weight is 297 g/mol. The molecule has 0 aromatic heterocycles. The van der Waals surface area contributed by atoms with Crippen LogP contribution in [0.4, 0.5) is 4.79 Å². The van der Waals surface area contributed by atoms with Crippen LogP contribution in [0.25, 0.3) is 0 Å². The molecule has 0 radical (unpaired) electrons. The second kappa shape index (κ2) is 7.11. The Hall–Kier alpha value is -1.30. The summed E-state index contributed by atoms with van der Waals surface area (Å²) in [7, 11) is 0. The zero-order chi connectivity index (χ0) is 15.4. The first-order chi connectivity index (χ1) is 10.0. The maximum atomic E-state index is 12.5. The Morgan fingerprint density at radius 2 is 1.90 bits per heavy atom. The van der Waals surface area contributed by atoms with Gasteiger partial charge in [0.15, 0.2) is 0 Å². The second-order valence-electron chi connectivity index (χ2n) is 6.63. The lowest BCUT2D eigenvalue weighted by Crippen LogP contribution is -2.51. The molecule has 2 aliphatic rings. The molecular weight excluding hydrogens is 270 g/mol. The van der Waals surface area contributed by atoms with Gasteiger partial charge in [-0.2, -0.15) is 5.90 Å². The summed E-state index contributed by atoms with van der Waals surface area (Å²) in [5, 5.41) is 0. The van der Waals surface area contributed by atoms with E-state index in [-0.39, 0.29) is 17.9 Å². The molecule has 2 atom stereocenters. The van der Waals surface area contributed by atoms with Gasteiger partial charge in [0, 0.05) is 25.7 Å². The van der Waals surface area contributed by atoms with Crippen molar-refractivity contribution in [3.05, 3.63) is 0 Å². The molecule has 2 unspecified atom stereocenters. The third-order valence-corrected chi connectivity index (χ3v) is 4.55. The van der Waals surface area contributed by atoms with Crippen LogP contribution in [-0.4, -0.2) is 47.5 Å². The summed E-state index contributed by atoms with van der Waals surface area (Å²) in [6.45, 7) is 6.40. The van der Waals surface area contributed by atoms with E-state index in [4.69, 9.17) is 5.90 Å². The monoisotopic (exact) mass is 297 g/mol. The highest BCUT2D eigenvalue weighted by atomic mass is 16.7. The number of hydrogen-bond acceptors (Lipinski definition) is 4. The van der Waals surface area contributed by atoms with Gasteiger partial charge >= 0.3 is 6.09 Å². The number of carbonyl (C=O) groups excluding carboxylic acids is 2. The first-order valence-corrected chi connectivity index (χ1v) is 7.99. The van der Waals surface area contributed by atoms with Gasteiger partial charge in [0.2, 0.25) is 5.91 Å². The first-order valence-electron chi connectivity index (χ1n) is 7.99. The predicted molar refractivity (Wildman–Crippen MR) is 79.2 cm³/mol. The first kappa shape index (κ1) is 16.1. The lowest BCUT2D eigenvalue weighted by molar-refractivity contribution is -0.136. The normalized spacial score (nSPS) is 26.3. The lowest BCUT2D eigenvalue weighted by Gasteiger charge is -2.39. The minimum absolute atomic E-state index is 0.106. The van der Waals surface area contributed by atoms with Crippen molar-refractivity contribution >= 4 is 12.0 Å². The molecule has 21 heavy (non-hydrogen) atoms. The van der Waals surface area contributed by atoms with E-state index in [1.54, 1.807) is 4.90 Å². The number of hydrogen-bond donors (Lipinski definition) is 1. The van der Waals surface area contributed by atoms with Crippen LogP contribution in [0.5, 0.6) is 0 Å². The molecule has 120 valence electrons. The summed E-state index contributed by atoms with van der Waals surface area (Å²) in [5.41, 5.74) is 0. The van der Waals surface area contributed by atoms with Gasteiger partial charge in [-0.3, -0.25) is 4.79 Å². The van der Waals surface area contributed by atoms with E-state index in [0.29, 0.717) is 12.5 Å². The number of piperidine rings is 1. The van der Waals surface area contributed by atoms with E-state index in [1.807, 2.05) is 4.90 Å². The Morgan fingerprint density at radius 1 is 1.24 bits per heavy atom. The summed E-state index contributed by atoms with van der Waals surface area (Å²) in [6.07, 6.45) is 4.27. The zero-order valence-corrected chi connectivity index (χ0v) is 13.1. The maximum absolute atomic E-state index is 12.5. The fraction of sp³-hybridized carbons (Fsp3) is 0.867. The van der Waals surface area contributed by atoms with Crippen LogP contribution in [0.3, 0.4) is 0 Å². The second-order valence-corrected chi connectivity index (χ2v) is 6.63. The Morgan fingerprint density at radius 3 is 2.48 bits per heavy atom. The molecule has 2 amide bonds. The van der Waals surface area contributed by atoms with Gasteiger partial charge < -0.3 is 14.6 Å². The highest BCUT2D eigenvalue weighted by molar-refractivity contribution is 5.80. The van der Waals surface area contributed by atoms with Crippen LogP contribution in [0.2, 0.25) is 0 Å². The smallest absolute Gasteiger partial charge is 0.357 e. The highest BCUT2D eigenvalue weighted by Crippen LogP contribution is 2.28. The molecule has 2 N–H and O–H groups in total. The van der Waals surface area contributed by atoms with Gasteiger partial charge in [0.25, 0.3) is 0 Å². The predicted octanol–water partition coefficient (Wildman–Crippen LogP) is 1.75. The molecule has 0 aromatic rings. The Labute approximate surface area is 126 Å². The Balaban J connectivity index is 2.01. The van der Waals surface area contributed by atoms with Crippen molar-refractivity contribution in [1.29, 1.82) is 0 Å². The van der Waals surface area contributed by atoms with E-state index >= 15 is 0 Å². The molecule has 6 nitrogen and oxygen atoms in total. The van der Waals surface area contributed by atoms with E-state index in [1.165, 1.54) is 0 Å². The lowest BCUT2D eigenvalue weighted by atomic mass is 9.88. The average Bonchev–Trinajstić information content (AvgIpc) is 2.99. The topological polar surface area (TPSA) is 75.9 Å². The van der Waals surface area contributed by atoms with E-state index in [0.717, 1.165) is 45.2 Å². The fourth-order valence-corrected chi connectivity index (χ4v) is 3.51. The van der Waals surface area contributed by atoms with E-state index in [2.05, 4.69) is 18.7 Å². The molecule has 0 spiro atoms. The third kappa shape index (κ3) is 3.87. The minimum atomic E-state index is -0.514. The number of amides is 2. The van der Waals surface area contributed by atoms with Crippen LogP contribution in [0.1, 0.15) is 46.0 Å². The van der Waals surface area contributed by atoms with Gasteiger partial charge in [-0.25, -0.2) is 4.79 Å². The van der Waals surface area contributed by atoms with Crippen molar-refractivity contribution in [2.75, 3.05) is 19.6 Å². The van der Waals surface area contributed by atoms with Gasteiger partial charge in [0.1, 0.15) is 0 Å². The van der Waals surface area contributed by atoms with E-state index in [9.17, 15) is 9.59 Å². The Kier molecular flexibility index (Phi) is 5.45. The van der Waals surface area contributed by atoms with Crippen molar-refractivity contribution in [3.8, 4) is 0 Å². The molecule has 0 bridgehead atoms. The zero-order valence-electron chi connectivity index (χ0n) is 13.1. The standard InChI is InChI=1S/C15H27N3O3/c1-11(2)9-13-6-5-12(10-18(13)15(20)21-16)14(19)17-7-3-4-8-17/h11-13H,3-10,16H2,1-2H3. The number of carbonyl (C=O) groups is 2. The quantitative estimate of drug-likeness (QED) is 0.805. The Bertz CT molecular complexity index is 380. The molecular formula is C15H27N3O3. The van der Waals surface area contributed by atoms with Crippen molar-refractivity contribution in [2.45, 2.75) is 52.0 Å². The van der Waals surface area contributed by atoms with Gasteiger partial charge in [-0.05, 0) is 38.0 Å². The molecule has 2 aliphatic heterocycles. The summed E-state index contributed by atoms with van der Waals surface area (Å²) >= 11 is 0. The highest BCUT2D eigenvalue weighted by Gasteiger charge is 2.37. The molecule has 2 rings (SSSR count).